The van der Waals surface area contributed by atoms with Gasteiger partial charge in [0.25, 0.3) is 0 Å². The molecule has 0 N–H and O–H groups in total. The topological polar surface area (TPSA) is 0 Å². The first kappa shape index (κ1) is 5.15. The molecule has 0 aliphatic heterocycles. The van der Waals surface area contributed by atoms with Gasteiger partial charge in [-0.15, -0.1) is 0 Å². The molecule has 92 valence electrons. The minimum atomic E-state index is -0.518. The molecule has 0 bridgehead atoms. The third-order valence-electron chi connectivity index (χ3n) is 2.53. The molecule has 0 atom stereocenters. The molecule has 1 heteroatoms. The lowest BCUT2D eigenvalue weighted by Gasteiger charge is -2.07. The third kappa shape index (κ3) is 2.54. The Morgan fingerprint density at radius 3 is 1.84 bits per heavy atom. The van der Waals surface area contributed by atoms with Crippen LogP contribution in [0.25, 0.3) is 22.3 Å². The van der Waals surface area contributed by atoms with Gasteiger partial charge in [-0.2, -0.15) is 0 Å². The summed E-state index contributed by atoms with van der Waals surface area (Å²) < 4.78 is 78.8. The molecule has 19 heavy (non-hydrogen) atoms. The Morgan fingerprint density at radius 1 is 0.684 bits per heavy atom. The summed E-state index contributed by atoms with van der Waals surface area (Å²) in [6.07, 6.45) is 0. The predicted octanol–water partition coefficient (Wildman–Crippen LogP) is 5.67. The number of benzene rings is 3. The summed E-state index contributed by atoms with van der Waals surface area (Å²) in [7, 11) is 0. The highest BCUT2D eigenvalue weighted by molar-refractivity contribution is 6.33. The van der Waals surface area contributed by atoms with Gasteiger partial charge in [-0.05, 0) is 22.8 Å². The van der Waals surface area contributed by atoms with Gasteiger partial charge in [0, 0.05) is 10.6 Å². The summed E-state index contributed by atoms with van der Waals surface area (Å²) in [5.41, 5.74) is 0.321. The molecule has 3 aromatic rings. The quantitative estimate of drug-likeness (QED) is 0.564. The van der Waals surface area contributed by atoms with Crippen molar-refractivity contribution < 1.29 is 13.7 Å². The lowest BCUT2D eigenvalue weighted by molar-refractivity contribution is 1.59. The fraction of sp³-hybridized carbons (Fsp3) is 0. The number of rotatable bonds is 2. The molecule has 0 aliphatic rings. The van der Waals surface area contributed by atoms with Crippen molar-refractivity contribution in [1.29, 1.82) is 0 Å². The first-order chi connectivity index (χ1) is 13.5. The molecule has 0 saturated heterocycles. The van der Waals surface area contributed by atoms with Gasteiger partial charge in [0.15, 0.2) is 0 Å². The van der Waals surface area contributed by atoms with E-state index < -0.39 is 48.3 Å². The van der Waals surface area contributed by atoms with Crippen molar-refractivity contribution in [3.63, 3.8) is 0 Å². The van der Waals surface area contributed by atoms with E-state index in [0.717, 1.165) is 0 Å². The number of halogens is 1. The van der Waals surface area contributed by atoms with Gasteiger partial charge < -0.3 is 0 Å². The molecule has 0 spiro atoms. The number of hydrogen-bond acceptors (Lipinski definition) is 0. The van der Waals surface area contributed by atoms with Gasteiger partial charge in [-0.25, -0.2) is 0 Å². The monoisotopic (exact) mass is 274 g/mol. The molecule has 0 radical (unpaired) electrons. The first-order valence-corrected chi connectivity index (χ1v) is 5.80. The maximum absolute atomic E-state index is 8.07. The summed E-state index contributed by atoms with van der Waals surface area (Å²) in [5.74, 6) is 0. The van der Waals surface area contributed by atoms with Crippen molar-refractivity contribution >= 4 is 11.6 Å². The van der Waals surface area contributed by atoms with Gasteiger partial charge >= 0.3 is 0 Å². The summed E-state index contributed by atoms with van der Waals surface area (Å²) in [6, 6.07) is -0.362. The standard InChI is InChI=1S/C18H13Cl/c19-18-13-16(14-7-3-1-4-8-14)11-12-17(18)15-9-5-2-6-10-15/h1-13H/i1D,2D,3D,4D,5D,6D,7D,8D,9D,10D. The Hall–Kier alpha value is -2.05. The zero-order valence-corrected chi connectivity index (χ0v) is 10.4. The van der Waals surface area contributed by atoms with Crippen LogP contribution in [0, 0.1) is 0 Å². The molecule has 0 unspecified atom stereocenters. The Labute approximate surface area is 132 Å². The van der Waals surface area contributed by atoms with Crippen LogP contribution in [0.15, 0.2) is 78.6 Å². The highest BCUT2D eigenvalue weighted by Gasteiger charge is 2.05. The second-order valence-electron chi connectivity index (χ2n) is 3.69. The van der Waals surface area contributed by atoms with Crippen LogP contribution in [-0.4, -0.2) is 0 Å². The molecule has 0 amide bonds. The maximum atomic E-state index is 8.07. The largest absolute Gasteiger partial charge is 0.0836 e. The SMILES string of the molecule is [2H]c1c([2H])c([2H])c(-c2ccc(-c3c([2H])c([2H])c([2H])c([2H])c3[2H])c(Cl)c2)c([2H])c1[2H]. The van der Waals surface area contributed by atoms with Crippen LogP contribution in [0.2, 0.25) is 5.02 Å². The van der Waals surface area contributed by atoms with E-state index >= 15 is 0 Å². The Kier molecular flexibility index (Phi) is 1.43. The lowest BCUT2D eigenvalue weighted by Crippen LogP contribution is -1.82. The lowest BCUT2D eigenvalue weighted by atomic mass is 10.0. The molecule has 0 heterocycles. The van der Waals surface area contributed by atoms with Crippen molar-refractivity contribution in [3.8, 4) is 22.3 Å². The van der Waals surface area contributed by atoms with Crippen LogP contribution in [0.4, 0.5) is 0 Å². The van der Waals surface area contributed by atoms with Crippen LogP contribution < -0.4 is 0 Å². The summed E-state index contributed by atoms with van der Waals surface area (Å²) in [4.78, 5) is 0. The molecule has 0 nitrogen and oxygen atoms in total. The van der Waals surface area contributed by atoms with E-state index in [4.69, 9.17) is 25.3 Å². The van der Waals surface area contributed by atoms with E-state index in [9.17, 15) is 0 Å². The van der Waals surface area contributed by atoms with E-state index in [-0.39, 0.29) is 39.4 Å². The summed E-state index contributed by atoms with van der Waals surface area (Å²) in [5, 5.41) is 0.0211. The van der Waals surface area contributed by atoms with Crippen LogP contribution in [0.1, 0.15) is 13.7 Å². The molecule has 0 aliphatic carbocycles. The van der Waals surface area contributed by atoms with Gasteiger partial charge in [0.05, 0.1) is 13.7 Å². The minimum Gasteiger partial charge on any atom is -0.0836 e. The van der Waals surface area contributed by atoms with Crippen molar-refractivity contribution in [2.45, 2.75) is 0 Å². The highest BCUT2D eigenvalue weighted by Crippen LogP contribution is 2.31. The third-order valence-corrected chi connectivity index (χ3v) is 2.84. The zero-order valence-electron chi connectivity index (χ0n) is 19.6. The van der Waals surface area contributed by atoms with Crippen molar-refractivity contribution in [2.24, 2.45) is 0 Å². The van der Waals surface area contributed by atoms with Crippen molar-refractivity contribution in [3.05, 3.63) is 83.6 Å². The number of hydrogen-bond donors (Lipinski definition) is 0. The van der Waals surface area contributed by atoms with E-state index in [1.807, 2.05) is 0 Å². The zero-order chi connectivity index (χ0) is 21.8. The smallest absolute Gasteiger partial charge is 0.0629 e. The predicted molar refractivity (Wildman–Crippen MR) is 82.3 cm³/mol. The molecule has 3 aromatic carbocycles. The fourth-order valence-electron chi connectivity index (χ4n) is 1.65. The second kappa shape index (κ2) is 5.29. The first-order valence-electron chi connectivity index (χ1n) is 10.4. The van der Waals surface area contributed by atoms with Crippen molar-refractivity contribution in [1.82, 2.24) is 0 Å². The average Bonchev–Trinajstić information content (AvgIpc) is 2.69. The van der Waals surface area contributed by atoms with Gasteiger partial charge in [0.2, 0.25) is 0 Å². The van der Waals surface area contributed by atoms with Crippen molar-refractivity contribution in [2.75, 3.05) is 0 Å². The normalized spacial score (nSPS) is 17.7. The van der Waals surface area contributed by atoms with E-state index in [1.165, 1.54) is 18.2 Å². The molecular formula is C18H13Cl. The molecule has 0 saturated carbocycles. The Morgan fingerprint density at radius 2 is 1.26 bits per heavy atom. The van der Waals surface area contributed by atoms with Crippen LogP contribution in [0.5, 0.6) is 0 Å². The van der Waals surface area contributed by atoms with Gasteiger partial charge in [-0.1, -0.05) is 84.2 Å². The average molecular weight is 275 g/mol. The minimum absolute atomic E-state index is 0.0211. The van der Waals surface area contributed by atoms with E-state index in [0.29, 0.717) is 0 Å². The van der Waals surface area contributed by atoms with E-state index in [2.05, 4.69) is 0 Å². The fourth-order valence-corrected chi connectivity index (χ4v) is 1.93. The molecule has 3 rings (SSSR count). The summed E-state index contributed by atoms with van der Waals surface area (Å²) >= 11 is 6.33. The second-order valence-corrected chi connectivity index (χ2v) is 4.10. The molecule has 0 fully saturated rings. The Bertz CT molecular complexity index is 1110. The highest BCUT2D eigenvalue weighted by atomic mass is 35.5. The van der Waals surface area contributed by atoms with Gasteiger partial charge in [-0.3, -0.25) is 0 Å². The summed E-state index contributed by atoms with van der Waals surface area (Å²) in [6.45, 7) is 0. The van der Waals surface area contributed by atoms with E-state index in [1.54, 1.807) is 0 Å². The van der Waals surface area contributed by atoms with Crippen LogP contribution >= 0.6 is 11.6 Å². The maximum Gasteiger partial charge on any atom is 0.0629 e. The van der Waals surface area contributed by atoms with Crippen LogP contribution in [-0.2, 0) is 0 Å². The van der Waals surface area contributed by atoms with Gasteiger partial charge in [0.1, 0.15) is 0 Å². The Balaban J connectivity index is 2.26. The molecule has 0 aromatic heterocycles. The molecular weight excluding hydrogens is 252 g/mol. The van der Waals surface area contributed by atoms with Crippen LogP contribution in [0.3, 0.4) is 0 Å².